The minimum absolute atomic E-state index is 0.0261. The molecule has 0 amide bonds. The smallest absolute Gasteiger partial charge is 0.311 e. The van der Waals surface area contributed by atoms with Crippen molar-refractivity contribution in [2.24, 2.45) is 34.5 Å². The molecule has 0 radical (unpaired) electrons. The molecule has 0 bridgehead atoms. The van der Waals surface area contributed by atoms with Crippen LogP contribution in [0.2, 0.25) is 0 Å². The van der Waals surface area contributed by atoms with Gasteiger partial charge in [-0.05, 0) is 75.7 Å². The van der Waals surface area contributed by atoms with E-state index in [-0.39, 0.29) is 35.5 Å². The number of hydrogen-bond acceptors (Lipinski definition) is 4. The minimum atomic E-state index is -0.468. The number of rotatable bonds is 7. The molecule has 4 nitrogen and oxygen atoms in total. The Bertz CT molecular complexity index is 763. The molecular weight excluding hydrogens is 400 g/mol. The standard InChI is InChI=1S/C28H44O4/c1-8-27(5,6)26(30)31-22-16-18(3)15-20-14-13-19(4)21(25(20)22)17-28(7,9-2)23-11-10-12-24(29)32-23/h13-15,18-19,21-23,25H,8-12,16-17H2,1-7H3/t18-,19-,21-,22-,23-,25-,28?/m0/s1. The summed E-state index contributed by atoms with van der Waals surface area (Å²) < 4.78 is 12.1. The summed E-state index contributed by atoms with van der Waals surface area (Å²) in [5, 5.41) is 0. The molecular formula is C28H44O4. The molecule has 2 aliphatic carbocycles. The Morgan fingerprint density at radius 2 is 1.91 bits per heavy atom. The number of cyclic esters (lactones) is 1. The van der Waals surface area contributed by atoms with Gasteiger partial charge in [-0.25, -0.2) is 0 Å². The van der Waals surface area contributed by atoms with E-state index in [1.807, 2.05) is 20.8 Å². The molecule has 0 aromatic rings. The van der Waals surface area contributed by atoms with Crippen molar-refractivity contribution in [2.45, 2.75) is 106 Å². The lowest BCUT2D eigenvalue weighted by Gasteiger charge is -2.48. The average molecular weight is 445 g/mol. The third-order valence-electron chi connectivity index (χ3n) is 8.70. The van der Waals surface area contributed by atoms with Gasteiger partial charge in [0.05, 0.1) is 5.41 Å². The number of hydrogen-bond donors (Lipinski definition) is 0. The molecule has 7 atom stereocenters. The number of esters is 2. The molecule has 1 fully saturated rings. The van der Waals surface area contributed by atoms with Gasteiger partial charge in [0, 0.05) is 17.8 Å². The van der Waals surface area contributed by atoms with Gasteiger partial charge >= 0.3 is 11.9 Å². The molecule has 4 heteroatoms. The van der Waals surface area contributed by atoms with E-state index in [0.29, 0.717) is 24.2 Å². The van der Waals surface area contributed by atoms with Crippen molar-refractivity contribution < 1.29 is 19.1 Å². The molecule has 3 rings (SSSR count). The normalized spacial score (nSPS) is 34.7. The highest BCUT2D eigenvalue weighted by Gasteiger charge is 2.47. The van der Waals surface area contributed by atoms with Gasteiger partial charge in [0.1, 0.15) is 12.2 Å². The van der Waals surface area contributed by atoms with Gasteiger partial charge in [0.25, 0.3) is 0 Å². The zero-order chi connectivity index (χ0) is 23.7. The Hall–Kier alpha value is -1.58. The molecule has 180 valence electrons. The van der Waals surface area contributed by atoms with Crippen molar-refractivity contribution in [1.82, 2.24) is 0 Å². The first-order valence-electron chi connectivity index (χ1n) is 12.8. The first-order valence-corrected chi connectivity index (χ1v) is 12.8. The maximum absolute atomic E-state index is 13.0. The SMILES string of the molecule is CCC(C)(C)C(=O)O[C@H]1C[C@@H](C)C=C2C=C[C@H](C)[C@H](CC(C)(CC)[C@@H]3CCCC(=O)O3)[C@H]21. The quantitative estimate of drug-likeness (QED) is 0.413. The Labute approximate surface area is 195 Å². The van der Waals surface area contributed by atoms with Crippen LogP contribution in [-0.4, -0.2) is 24.1 Å². The summed E-state index contributed by atoms with van der Waals surface area (Å²) in [7, 11) is 0. The summed E-state index contributed by atoms with van der Waals surface area (Å²) in [6.45, 7) is 15.0. The van der Waals surface area contributed by atoms with Crippen molar-refractivity contribution >= 4 is 11.9 Å². The third-order valence-corrected chi connectivity index (χ3v) is 8.70. The lowest BCUT2D eigenvalue weighted by molar-refractivity contribution is -0.168. The number of allylic oxidation sites excluding steroid dienone is 3. The highest BCUT2D eigenvalue weighted by atomic mass is 16.5. The second kappa shape index (κ2) is 9.73. The molecule has 0 aromatic heterocycles. The second-order valence-corrected chi connectivity index (χ2v) is 11.6. The zero-order valence-corrected chi connectivity index (χ0v) is 21.3. The molecule has 1 heterocycles. The first kappa shape index (κ1) is 25.1. The van der Waals surface area contributed by atoms with Crippen LogP contribution in [0.1, 0.15) is 93.4 Å². The topological polar surface area (TPSA) is 52.6 Å². The van der Waals surface area contributed by atoms with Crippen LogP contribution in [0.15, 0.2) is 23.8 Å². The van der Waals surface area contributed by atoms with Crippen LogP contribution in [0.5, 0.6) is 0 Å². The Balaban J connectivity index is 1.89. The van der Waals surface area contributed by atoms with E-state index >= 15 is 0 Å². The van der Waals surface area contributed by atoms with Crippen molar-refractivity contribution in [1.29, 1.82) is 0 Å². The number of fused-ring (bicyclic) bond motifs is 1. The molecule has 0 saturated carbocycles. The molecule has 1 aliphatic heterocycles. The molecule has 0 spiro atoms. The molecule has 3 aliphatic rings. The summed E-state index contributed by atoms with van der Waals surface area (Å²) >= 11 is 0. The van der Waals surface area contributed by atoms with Crippen LogP contribution in [0, 0.1) is 34.5 Å². The van der Waals surface area contributed by atoms with Crippen LogP contribution in [-0.2, 0) is 19.1 Å². The fourth-order valence-electron chi connectivity index (χ4n) is 5.77. The summed E-state index contributed by atoms with van der Waals surface area (Å²) in [6.07, 6.45) is 12.8. The van der Waals surface area contributed by atoms with Crippen LogP contribution in [0.4, 0.5) is 0 Å². The Morgan fingerprint density at radius 3 is 2.53 bits per heavy atom. The Kier molecular flexibility index (Phi) is 7.62. The van der Waals surface area contributed by atoms with Crippen molar-refractivity contribution in [2.75, 3.05) is 0 Å². The maximum atomic E-state index is 13.0. The fourth-order valence-corrected chi connectivity index (χ4v) is 5.77. The molecule has 0 aromatic carbocycles. The van der Waals surface area contributed by atoms with E-state index in [1.165, 1.54) is 5.57 Å². The third kappa shape index (κ3) is 5.15. The van der Waals surface area contributed by atoms with E-state index < -0.39 is 5.41 Å². The molecule has 1 unspecified atom stereocenters. The number of ether oxygens (including phenoxy) is 2. The van der Waals surface area contributed by atoms with Gasteiger partial charge in [0.2, 0.25) is 0 Å². The Morgan fingerprint density at radius 1 is 1.19 bits per heavy atom. The summed E-state index contributed by atoms with van der Waals surface area (Å²) in [6, 6.07) is 0. The van der Waals surface area contributed by atoms with E-state index in [2.05, 4.69) is 45.9 Å². The van der Waals surface area contributed by atoms with Crippen molar-refractivity contribution in [3.05, 3.63) is 23.8 Å². The number of carbonyl (C=O) groups is 2. The summed E-state index contributed by atoms with van der Waals surface area (Å²) in [5.41, 5.74) is 0.772. The highest BCUT2D eigenvalue weighted by Crippen LogP contribution is 2.50. The predicted octanol–water partition coefficient (Wildman–Crippen LogP) is 6.64. The first-order chi connectivity index (χ1) is 15.0. The minimum Gasteiger partial charge on any atom is -0.462 e. The summed E-state index contributed by atoms with van der Waals surface area (Å²) in [4.78, 5) is 25.1. The highest BCUT2D eigenvalue weighted by molar-refractivity contribution is 5.76. The van der Waals surface area contributed by atoms with Gasteiger partial charge in [-0.15, -0.1) is 0 Å². The monoisotopic (exact) mass is 444 g/mol. The van der Waals surface area contributed by atoms with Gasteiger partial charge in [-0.1, -0.05) is 52.8 Å². The molecule has 0 N–H and O–H groups in total. The number of carbonyl (C=O) groups excluding carboxylic acids is 2. The van der Waals surface area contributed by atoms with Gasteiger partial charge in [0.15, 0.2) is 0 Å². The van der Waals surface area contributed by atoms with Crippen LogP contribution >= 0.6 is 0 Å². The zero-order valence-electron chi connectivity index (χ0n) is 21.3. The van der Waals surface area contributed by atoms with E-state index in [9.17, 15) is 9.59 Å². The largest absolute Gasteiger partial charge is 0.462 e. The van der Waals surface area contributed by atoms with E-state index in [0.717, 1.165) is 38.5 Å². The van der Waals surface area contributed by atoms with Gasteiger partial charge < -0.3 is 9.47 Å². The second-order valence-electron chi connectivity index (χ2n) is 11.6. The van der Waals surface area contributed by atoms with Crippen LogP contribution in [0.25, 0.3) is 0 Å². The predicted molar refractivity (Wildman–Crippen MR) is 128 cm³/mol. The van der Waals surface area contributed by atoms with Gasteiger partial charge in [-0.3, -0.25) is 9.59 Å². The van der Waals surface area contributed by atoms with E-state index in [4.69, 9.17) is 9.47 Å². The molecule has 1 saturated heterocycles. The van der Waals surface area contributed by atoms with E-state index in [1.54, 1.807) is 0 Å². The van der Waals surface area contributed by atoms with Crippen molar-refractivity contribution in [3.63, 3.8) is 0 Å². The average Bonchev–Trinajstić information content (AvgIpc) is 2.75. The summed E-state index contributed by atoms with van der Waals surface area (Å²) in [5.74, 6) is 1.19. The maximum Gasteiger partial charge on any atom is 0.311 e. The van der Waals surface area contributed by atoms with Crippen LogP contribution in [0.3, 0.4) is 0 Å². The molecule has 32 heavy (non-hydrogen) atoms. The lowest BCUT2D eigenvalue weighted by atomic mass is 9.60. The van der Waals surface area contributed by atoms with Gasteiger partial charge in [-0.2, -0.15) is 0 Å². The lowest BCUT2D eigenvalue weighted by Crippen LogP contribution is -2.46. The van der Waals surface area contributed by atoms with Crippen LogP contribution < -0.4 is 0 Å². The fraction of sp³-hybridized carbons (Fsp3) is 0.786. The van der Waals surface area contributed by atoms with Crippen molar-refractivity contribution in [3.8, 4) is 0 Å².